The number of nitrogens with one attached hydrogen (secondary N) is 5. The van der Waals surface area contributed by atoms with E-state index in [1.807, 2.05) is 31.2 Å². The van der Waals surface area contributed by atoms with Crippen molar-refractivity contribution in [1.29, 1.82) is 0 Å². The number of amides is 4. The van der Waals surface area contributed by atoms with E-state index in [4.69, 9.17) is 10.5 Å². The first kappa shape index (κ1) is 50.5. The molecule has 1 aliphatic heterocycles. The van der Waals surface area contributed by atoms with E-state index in [-0.39, 0.29) is 66.6 Å². The monoisotopic (exact) mass is 982 g/mol. The van der Waals surface area contributed by atoms with Gasteiger partial charge < -0.3 is 36.4 Å². The second-order valence-electron chi connectivity index (χ2n) is 16.9. The Morgan fingerprint density at radius 2 is 1.75 bits per heavy atom. The van der Waals surface area contributed by atoms with Gasteiger partial charge in [0.1, 0.15) is 29.3 Å². The molecule has 5 aromatic rings. The number of aryl methyl sites for hydroxylation is 1. The number of thiazole rings is 1. The van der Waals surface area contributed by atoms with Gasteiger partial charge in [-0.3, -0.25) is 29.0 Å². The van der Waals surface area contributed by atoms with Crippen molar-refractivity contribution in [1.82, 2.24) is 35.7 Å². The van der Waals surface area contributed by atoms with Crippen molar-refractivity contribution in [2.24, 2.45) is 11.1 Å². The largest absolute Gasteiger partial charge is 0.462 e. The first-order chi connectivity index (χ1) is 32.1. The minimum Gasteiger partial charge on any atom is -0.462 e. The molecule has 19 nitrogen and oxygen atoms in total. The maximum absolute atomic E-state index is 14.7. The van der Waals surface area contributed by atoms with Crippen LogP contribution in [-0.2, 0) is 35.7 Å². The number of primary amides is 1. The van der Waals surface area contributed by atoms with Gasteiger partial charge in [0.2, 0.25) is 17.7 Å². The zero-order chi connectivity index (χ0) is 49.5. The van der Waals surface area contributed by atoms with Gasteiger partial charge in [0.15, 0.2) is 5.82 Å². The van der Waals surface area contributed by atoms with E-state index >= 15 is 0 Å². The fourth-order valence-electron chi connectivity index (χ4n) is 7.19. The lowest BCUT2D eigenvalue weighted by Gasteiger charge is -2.35. The molecule has 3 aromatic heterocycles. The average molecular weight is 983 g/mol. The predicted octanol–water partition coefficient (Wildman–Crippen LogP) is 4.99. The normalized spacial score (nSPS) is 15.5. The van der Waals surface area contributed by atoms with Gasteiger partial charge in [-0.25, -0.2) is 27.6 Å². The number of halogens is 3. The molecule has 2 aromatic carbocycles. The van der Waals surface area contributed by atoms with E-state index < -0.39 is 80.5 Å². The van der Waals surface area contributed by atoms with Crippen LogP contribution in [0.3, 0.4) is 0 Å². The third-order valence-electron chi connectivity index (χ3n) is 10.7. The van der Waals surface area contributed by atoms with Crippen molar-refractivity contribution in [3.63, 3.8) is 0 Å². The maximum Gasteiger partial charge on any atom is 0.355 e. The summed E-state index contributed by atoms with van der Waals surface area (Å²) in [6.45, 7) is 7.37. The Balaban J connectivity index is 0.963. The third kappa shape index (κ3) is 12.3. The number of aromatic amines is 1. The van der Waals surface area contributed by atoms with Crippen molar-refractivity contribution in [3.05, 3.63) is 94.5 Å². The van der Waals surface area contributed by atoms with E-state index in [1.54, 1.807) is 37.6 Å². The van der Waals surface area contributed by atoms with Crippen molar-refractivity contribution in [2.75, 3.05) is 23.2 Å². The number of rotatable bonds is 19. The Kier molecular flexibility index (Phi) is 15.9. The third-order valence-corrected chi connectivity index (χ3v) is 12.7. The highest BCUT2D eigenvalue weighted by Crippen LogP contribution is 2.32. The zero-order valence-electron chi connectivity index (χ0n) is 37.1. The number of aliphatic hydroxyl groups excluding tert-OH is 1. The number of aromatic nitrogens is 4. The first-order valence-electron chi connectivity index (χ1n) is 21.1. The molecule has 4 heterocycles. The molecule has 6 rings (SSSR count). The number of nitrogens with two attached hydrogens (primary N) is 1. The Morgan fingerprint density at radius 1 is 1.03 bits per heavy atom. The average Bonchev–Trinajstić information content (AvgIpc) is 4.03. The fraction of sp³-hybridized carbons (Fsp3) is 0.364. The van der Waals surface area contributed by atoms with Crippen molar-refractivity contribution in [3.8, 4) is 21.7 Å². The molecule has 0 bridgehead atoms. The summed E-state index contributed by atoms with van der Waals surface area (Å²) in [6.07, 6.45) is 0.895. The Morgan fingerprint density at radius 3 is 2.37 bits per heavy atom. The number of ether oxygens (including phenoxy) is 1. The number of sulfonamides is 1. The number of alkyl halides is 2. The molecular weight excluding hydrogens is 934 g/mol. The van der Waals surface area contributed by atoms with Gasteiger partial charge in [-0.15, -0.1) is 11.3 Å². The maximum atomic E-state index is 14.7. The van der Waals surface area contributed by atoms with Gasteiger partial charge in [-0.2, -0.15) is 13.9 Å². The van der Waals surface area contributed by atoms with Crippen LogP contribution < -0.4 is 26.4 Å². The summed E-state index contributed by atoms with van der Waals surface area (Å²) in [5, 5.41) is 25.5. The fourth-order valence-corrected chi connectivity index (χ4v) is 8.56. The standard InChI is InChI=1S/C44H49F3N10O9S2/c1-23-36(67-22-51-23)25-10-8-24(9-11-25)19-50-40(61)31-18-28(58)21-57(31)41(62)37(44(2,3)4)53-33(59)7-5-6-16-66-42(63)27-13-15-32(49-20-27)52-39-34(38(48)60)35(54-55-39)26-12-14-30(29(45)17-26)56-68(64,65)43(46)47/h8-15,17,20,22,28,31,37,43,56,58H,5-7,16,18-19,21H2,1-4H3,(H2,48,60)(H,50,61)(H,53,59)(H2,49,52,54,55)/t28-,31+,37-/m1/s1. The minimum absolute atomic E-state index is 0.00147. The number of H-pyrrole nitrogens is 1. The number of likely N-dealkylation sites (tertiary alicyclic amines) is 1. The number of benzene rings is 2. The number of hydrogen-bond acceptors (Lipinski definition) is 14. The summed E-state index contributed by atoms with van der Waals surface area (Å²) in [7, 11) is -5.15. The second kappa shape index (κ2) is 21.4. The number of aliphatic hydroxyl groups is 1. The van der Waals surface area contributed by atoms with Gasteiger partial charge in [0.25, 0.3) is 15.9 Å². The molecular formula is C44H49F3N10O9S2. The number of nitrogens with zero attached hydrogens (tertiary/aromatic N) is 4. The number of carbonyl (C=O) groups is 5. The number of β-amino-alcohol motifs (C(OH)–C–C–N with tert-alkyl or cyclic N) is 1. The first-order valence-corrected chi connectivity index (χ1v) is 23.5. The molecule has 362 valence electrons. The summed E-state index contributed by atoms with van der Waals surface area (Å²) >= 11 is 1.54. The number of unbranched alkanes of at least 4 members (excludes halogenated alkanes) is 1. The highest BCUT2D eigenvalue weighted by molar-refractivity contribution is 7.93. The van der Waals surface area contributed by atoms with Crippen LogP contribution in [0.5, 0.6) is 0 Å². The van der Waals surface area contributed by atoms with Gasteiger partial charge in [0, 0.05) is 37.7 Å². The summed E-state index contributed by atoms with van der Waals surface area (Å²) in [5.74, 6) is -8.14. The molecule has 4 amide bonds. The van der Waals surface area contributed by atoms with Crippen LogP contribution in [0, 0.1) is 18.2 Å². The highest BCUT2D eigenvalue weighted by atomic mass is 32.2. The molecule has 1 aliphatic rings. The zero-order valence-corrected chi connectivity index (χ0v) is 38.8. The van der Waals surface area contributed by atoms with Gasteiger partial charge in [0.05, 0.1) is 45.7 Å². The lowest BCUT2D eigenvalue weighted by Crippen LogP contribution is -2.57. The van der Waals surface area contributed by atoms with Crippen LogP contribution in [0.4, 0.5) is 30.5 Å². The summed E-state index contributed by atoms with van der Waals surface area (Å²) < 4.78 is 70.0. The number of esters is 1. The number of hydrogen-bond donors (Lipinski definition) is 7. The molecule has 0 saturated carbocycles. The molecule has 0 spiro atoms. The minimum atomic E-state index is -5.15. The second-order valence-corrected chi connectivity index (χ2v) is 19.4. The van der Waals surface area contributed by atoms with Gasteiger partial charge in [-0.05, 0) is 60.6 Å². The Labute approximate surface area is 392 Å². The van der Waals surface area contributed by atoms with Crippen LogP contribution in [0.15, 0.2) is 66.3 Å². The highest BCUT2D eigenvalue weighted by Gasteiger charge is 2.44. The summed E-state index contributed by atoms with van der Waals surface area (Å²) in [6, 6.07) is 11.3. The molecule has 1 saturated heterocycles. The lowest BCUT2D eigenvalue weighted by atomic mass is 9.85. The van der Waals surface area contributed by atoms with Crippen molar-refractivity contribution in [2.45, 2.75) is 83.9 Å². The molecule has 1 fully saturated rings. The van der Waals surface area contributed by atoms with Crippen LogP contribution in [0.2, 0.25) is 0 Å². The van der Waals surface area contributed by atoms with E-state index in [1.165, 1.54) is 28.0 Å². The summed E-state index contributed by atoms with van der Waals surface area (Å²) in [5.41, 5.74) is 8.33. The molecule has 3 atom stereocenters. The topological polar surface area (TPSA) is 281 Å². The molecule has 0 radical (unpaired) electrons. The number of anilines is 3. The Bertz CT molecular complexity index is 2760. The quantitative estimate of drug-likeness (QED) is 0.0425. The number of pyridine rings is 1. The van der Waals surface area contributed by atoms with Crippen molar-refractivity contribution < 1.29 is 55.4 Å². The van der Waals surface area contributed by atoms with Gasteiger partial charge >= 0.3 is 11.7 Å². The van der Waals surface area contributed by atoms with Crippen LogP contribution >= 0.6 is 11.3 Å². The predicted molar refractivity (Wildman–Crippen MR) is 244 cm³/mol. The smallest absolute Gasteiger partial charge is 0.355 e. The number of carbonyl (C=O) groups excluding carboxylic acids is 5. The van der Waals surface area contributed by atoms with Gasteiger partial charge in [-0.1, -0.05) is 51.1 Å². The summed E-state index contributed by atoms with van der Waals surface area (Å²) in [4.78, 5) is 76.5. The SMILES string of the molecule is Cc1ncsc1-c1ccc(CNC(=O)[C@@H]2C[C@@H](O)CN2C(=O)[C@@H](NC(=O)CCCCOC(=O)c2ccc(Nc3n[nH]c(-c4ccc(NS(=O)(=O)C(F)F)c(F)c4)c3C(N)=O)nc2)C(C)(C)C)cc1. The Hall–Kier alpha value is -6.92. The van der Waals surface area contributed by atoms with E-state index in [0.717, 1.165) is 39.9 Å². The molecule has 68 heavy (non-hydrogen) atoms. The van der Waals surface area contributed by atoms with Crippen molar-refractivity contribution >= 4 is 68.3 Å². The van der Waals surface area contributed by atoms with E-state index in [9.17, 15) is 50.7 Å². The van der Waals surface area contributed by atoms with Crippen LogP contribution in [0.1, 0.15) is 78.4 Å². The molecule has 8 N–H and O–H groups in total. The molecule has 0 unspecified atom stereocenters. The van der Waals surface area contributed by atoms with E-state index in [2.05, 4.69) is 36.1 Å². The molecule has 0 aliphatic carbocycles. The van der Waals surface area contributed by atoms with E-state index in [0.29, 0.717) is 12.8 Å². The molecule has 24 heteroatoms. The lowest BCUT2D eigenvalue weighted by molar-refractivity contribution is -0.144. The van der Waals surface area contributed by atoms with Crippen LogP contribution in [-0.4, -0.2) is 105 Å². The van der Waals surface area contributed by atoms with Crippen LogP contribution in [0.25, 0.3) is 21.7 Å².